The van der Waals surface area contributed by atoms with E-state index in [1.807, 2.05) is 0 Å². The molecule has 18 N–H and O–H groups in total. The number of rotatable bonds is 30. The summed E-state index contributed by atoms with van der Waals surface area (Å²) in [6, 6.07) is 5.30. The summed E-state index contributed by atoms with van der Waals surface area (Å²) in [6.07, 6.45) is 4.83. The Morgan fingerprint density at radius 2 is 1.09 bits per heavy atom. The zero-order valence-electron chi connectivity index (χ0n) is 58.0. The maximum atomic E-state index is 15.1. The van der Waals surface area contributed by atoms with Crippen LogP contribution in [0.25, 0.3) is 0 Å². The van der Waals surface area contributed by atoms with E-state index < -0.39 is 192 Å². The van der Waals surface area contributed by atoms with E-state index >= 15 is 4.79 Å². The molecule has 11 atom stereocenters. The van der Waals surface area contributed by atoms with Crippen molar-refractivity contribution in [2.75, 3.05) is 30.1 Å². The number of aromatic hydroxyl groups is 3. The molecule has 36 heteroatoms. The molecule has 1 heterocycles. The van der Waals surface area contributed by atoms with Gasteiger partial charge in [-0.1, -0.05) is 102 Å². The molecule has 0 radical (unpaired) electrons. The summed E-state index contributed by atoms with van der Waals surface area (Å²) in [4.78, 5) is 208. The molecule has 4 aromatic carbocycles. The topological polar surface area (TPSA) is 522 Å². The molecule has 0 bridgehead atoms. The number of carbonyl (C=O) groups is 15. The predicted molar refractivity (Wildman–Crippen MR) is 388 cm³/mol. The Hall–Kier alpha value is -11.1. The van der Waals surface area contributed by atoms with Gasteiger partial charge in [-0.2, -0.15) is 11.8 Å². The monoisotopic (exact) mass is 1530 g/mol. The molecule has 0 aliphatic carbocycles. The van der Waals surface area contributed by atoms with Crippen LogP contribution in [0.1, 0.15) is 75.1 Å². The summed E-state index contributed by atoms with van der Waals surface area (Å²) in [5, 5.41) is 89.3. The van der Waals surface area contributed by atoms with Crippen LogP contribution in [-0.4, -0.2) is 216 Å². The van der Waals surface area contributed by atoms with E-state index in [1.54, 1.807) is 36.6 Å². The summed E-state index contributed by atoms with van der Waals surface area (Å²) < 4.78 is 0. The van der Waals surface area contributed by atoms with E-state index in [9.17, 15) is 97.8 Å². The minimum absolute atomic E-state index is 0.141. The second kappa shape index (κ2) is 43.3. The Labute approximate surface area is 621 Å². The molecule has 106 heavy (non-hydrogen) atoms. The molecule has 5 rings (SSSR count). The van der Waals surface area contributed by atoms with Crippen LogP contribution >= 0.6 is 33.3 Å². The van der Waals surface area contributed by atoms with Crippen LogP contribution in [0.3, 0.4) is 0 Å². The van der Waals surface area contributed by atoms with Gasteiger partial charge in [-0.25, -0.2) is 9.59 Å². The van der Waals surface area contributed by atoms with Crippen molar-refractivity contribution in [2.45, 2.75) is 145 Å². The third kappa shape index (κ3) is 29.2. The van der Waals surface area contributed by atoms with Gasteiger partial charge in [0.05, 0.1) is 13.0 Å². The van der Waals surface area contributed by atoms with Gasteiger partial charge in [0.1, 0.15) is 77.7 Å². The zero-order valence-corrected chi connectivity index (χ0v) is 60.5. The summed E-state index contributed by atoms with van der Waals surface area (Å²) >= 11 is 1.22. The maximum Gasteiger partial charge on any atom is 0.336 e. The molecule has 1 aliphatic heterocycles. The molecular formula is C70H86N12O21S3. The van der Waals surface area contributed by atoms with Crippen LogP contribution in [0.15, 0.2) is 103 Å². The lowest BCUT2D eigenvalue weighted by Gasteiger charge is -2.28. The molecule has 12 amide bonds. The number of nitrogens with one attached hydrogen (secondary N) is 12. The van der Waals surface area contributed by atoms with Gasteiger partial charge in [-0.3, -0.25) is 62.3 Å². The van der Waals surface area contributed by atoms with Crippen molar-refractivity contribution < 1.29 is 103 Å². The number of phenols is 3. The van der Waals surface area contributed by atoms with Crippen LogP contribution in [0.2, 0.25) is 0 Å². The second-order valence-corrected chi connectivity index (χ2v) is 28.2. The number of amides is 12. The first-order valence-electron chi connectivity index (χ1n) is 33.2. The van der Waals surface area contributed by atoms with Crippen LogP contribution in [-0.2, 0) is 97.6 Å². The van der Waals surface area contributed by atoms with Crippen molar-refractivity contribution in [1.29, 1.82) is 0 Å². The number of terminal acetylenes is 1. The highest BCUT2D eigenvalue weighted by atomic mass is 33.1. The normalized spacial score (nSPS) is 19.2. The number of aliphatic carboxylic acids is 3. The summed E-state index contributed by atoms with van der Waals surface area (Å²) in [6.45, 7) is 3.16. The molecule has 0 saturated carbocycles. The Bertz CT molecular complexity index is 3810. The zero-order chi connectivity index (χ0) is 78.2. The maximum absolute atomic E-state index is 15.1. The van der Waals surface area contributed by atoms with Gasteiger partial charge >= 0.3 is 17.9 Å². The molecule has 1 fully saturated rings. The number of carboxylic acids is 3. The largest absolute Gasteiger partial charge is 0.508 e. The quantitative estimate of drug-likeness (QED) is 0.0126. The van der Waals surface area contributed by atoms with E-state index in [2.05, 4.69) is 69.7 Å². The van der Waals surface area contributed by atoms with Gasteiger partial charge in [0.15, 0.2) is 0 Å². The number of hydrogen-bond donors (Lipinski definition) is 18. The van der Waals surface area contributed by atoms with Gasteiger partial charge in [-0.15, -0.1) is 12.3 Å². The third-order valence-corrected chi connectivity index (χ3v) is 19.0. The molecule has 33 nitrogen and oxygen atoms in total. The van der Waals surface area contributed by atoms with Crippen LogP contribution in [0.4, 0.5) is 0 Å². The summed E-state index contributed by atoms with van der Waals surface area (Å²) in [7, 11) is 1.44. The predicted octanol–water partition coefficient (Wildman–Crippen LogP) is -1.21. The van der Waals surface area contributed by atoms with Crippen molar-refractivity contribution >= 4 is 122 Å². The van der Waals surface area contributed by atoms with Crippen LogP contribution in [0, 0.1) is 18.3 Å². The highest BCUT2D eigenvalue weighted by Crippen LogP contribution is 2.25. The van der Waals surface area contributed by atoms with E-state index in [4.69, 9.17) is 6.42 Å². The lowest BCUT2D eigenvalue weighted by atomic mass is 10.0. The van der Waals surface area contributed by atoms with E-state index in [0.29, 0.717) is 27.5 Å². The van der Waals surface area contributed by atoms with Crippen molar-refractivity contribution in [3.05, 3.63) is 125 Å². The average molecular weight is 1530 g/mol. The fraction of sp³-hybridized carbons (Fsp3) is 0.414. The number of unbranched alkanes of at least 4 members (excludes halogenated alkanes) is 1. The average Bonchev–Trinajstić information content (AvgIpc) is 0.886. The fourth-order valence-electron chi connectivity index (χ4n) is 10.2. The minimum atomic E-state index is -2.50. The molecule has 1 saturated heterocycles. The van der Waals surface area contributed by atoms with Crippen LogP contribution in [0.5, 0.6) is 17.2 Å². The molecule has 1 aliphatic rings. The highest BCUT2D eigenvalue weighted by Gasteiger charge is 2.38. The molecular weight excluding hydrogens is 1440 g/mol. The van der Waals surface area contributed by atoms with Gasteiger partial charge in [0.2, 0.25) is 71.0 Å². The summed E-state index contributed by atoms with van der Waals surface area (Å²) in [5.41, 5.74) is 1.53. The highest BCUT2D eigenvalue weighted by molar-refractivity contribution is 8.76. The number of phenolic OH excluding ortho intramolecular Hbond substituents is 3. The second-order valence-electron chi connectivity index (χ2n) is 24.7. The van der Waals surface area contributed by atoms with Crippen molar-refractivity contribution in [2.24, 2.45) is 5.92 Å². The van der Waals surface area contributed by atoms with Crippen molar-refractivity contribution in [3.8, 4) is 29.6 Å². The smallest absolute Gasteiger partial charge is 0.336 e. The minimum Gasteiger partial charge on any atom is -0.508 e. The van der Waals surface area contributed by atoms with E-state index in [1.165, 1.54) is 105 Å². The van der Waals surface area contributed by atoms with Crippen molar-refractivity contribution in [3.63, 3.8) is 0 Å². The van der Waals surface area contributed by atoms with Gasteiger partial charge in [0.25, 0.3) is 5.91 Å². The lowest BCUT2D eigenvalue weighted by Crippen LogP contribution is -2.61. The molecule has 0 unspecified atom stereocenters. The number of thioether (sulfide) groups is 1. The Kier molecular flexibility index (Phi) is 34.9. The first-order chi connectivity index (χ1) is 50.3. The van der Waals surface area contributed by atoms with E-state index in [0.717, 1.165) is 10.8 Å². The van der Waals surface area contributed by atoms with Crippen LogP contribution < -0.4 is 63.8 Å². The molecule has 0 spiro atoms. The first-order valence-corrected chi connectivity index (χ1v) is 37.0. The first kappa shape index (κ1) is 85.6. The van der Waals surface area contributed by atoms with Gasteiger partial charge in [-0.05, 0) is 96.3 Å². The summed E-state index contributed by atoms with van der Waals surface area (Å²) in [5.74, 6) is -18.0. The lowest BCUT2D eigenvalue weighted by molar-refractivity contribution is -0.147. The standard InChI is InChI=1S/C70H86N12O21S3/c1-6-7-9-14-54(86)73-47(30-40-15-21-43(83)22-16-40)63(94)80-53-36-106-105-35-52(66(97)77-50(32-42-19-25-45(85)26-20-42)64(95)75-46(27-28-104-5)60(91)78-51(33-56(88)89)65(96)81-57(37(2)3)69(100)101)79-59(90)38(4)72-61(92)49(31-41-17-23-44(84)24-18-41)76-62(93)48(29-39-12-10-8-11-13-39)74-55(87)34-71-68(99)58(70(102)103)82-67(53)98/h1,8,10-13,15-26,37-38,46-53,57-58,83-85H,7,9,14,27-36H2,2-5H3,(H,71,99)(H,72,92)(H,73,86)(H,74,87)(H,75,95)(H,76,93)(H,77,97)(H,78,91)(H,79,90)(H,80,94)(H,81,96)(H,82,98)(H,88,89)(H,100,101)(H,102,103)/t38-,46-,47-,48+,49-,50-,51-,52-,53-,57-,58+/m1/s1. The fourth-order valence-corrected chi connectivity index (χ4v) is 13.0. The number of benzene rings is 4. The van der Waals surface area contributed by atoms with Crippen molar-refractivity contribution in [1.82, 2.24) is 63.8 Å². The number of carbonyl (C=O) groups excluding carboxylic acids is 12. The number of hydrogen-bond acceptors (Lipinski definition) is 21. The van der Waals surface area contributed by atoms with Gasteiger partial charge in [0, 0.05) is 50.0 Å². The Morgan fingerprint density at radius 3 is 1.64 bits per heavy atom. The van der Waals surface area contributed by atoms with E-state index in [-0.39, 0.29) is 73.5 Å². The SMILES string of the molecule is C#CCCCC(=O)N[C@H](Cc1ccc(O)cc1)C(=O)N[C@@H]1CSSC[C@H](C(=O)N[C@H](Cc2ccc(O)cc2)C(=O)N[C@H](CCSC)C(=O)N[C@H](CC(=O)O)C(=O)N[C@@H](C(=O)O)C(C)C)NC(=O)[C@@H](C)NC(=O)[C@@H](Cc2ccc(O)cc2)NC(=O)[C@H](Cc2ccccc2)NC(=O)CNC(=O)[C@@H](C(=O)O)NC1=O. The third-order valence-electron chi connectivity index (χ3n) is 16.0. The Morgan fingerprint density at radius 1 is 0.575 bits per heavy atom. The molecule has 4 aromatic rings. The molecule has 0 aromatic heterocycles. The molecule has 570 valence electrons. The van der Waals surface area contributed by atoms with Gasteiger partial charge < -0.3 is 94.4 Å². The Balaban J connectivity index is 1.61. The number of carboxylic acid groups (broad SMARTS) is 3.